The van der Waals surface area contributed by atoms with Crippen molar-refractivity contribution >= 4 is 27.8 Å². The van der Waals surface area contributed by atoms with Crippen molar-refractivity contribution in [3.05, 3.63) is 71.5 Å². The number of methoxy groups -OCH3 is 1. The van der Waals surface area contributed by atoms with Crippen molar-refractivity contribution in [3.8, 4) is 5.75 Å². The minimum Gasteiger partial charge on any atom is -0.488 e. The van der Waals surface area contributed by atoms with Crippen LogP contribution in [0, 0.1) is 5.92 Å². The van der Waals surface area contributed by atoms with Crippen LogP contribution in [-0.4, -0.2) is 29.7 Å². The molecular formula is C25H26N2O4. The van der Waals surface area contributed by atoms with Gasteiger partial charge in [0.1, 0.15) is 12.4 Å². The number of nitrogens with one attached hydrogen (secondary N) is 1. The Morgan fingerprint density at radius 3 is 2.55 bits per heavy atom. The molecule has 0 aliphatic carbocycles. The summed E-state index contributed by atoms with van der Waals surface area (Å²) < 4.78 is 17.1. The first-order chi connectivity index (χ1) is 15.1. The molecule has 0 aliphatic rings. The topological polar surface area (TPSA) is 73.4 Å². The number of carbonyl (C=O) groups excluding carboxylic acids is 1. The van der Waals surface area contributed by atoms with E-state index >= 15 is 0 Å². The molecule has 4 aromatic rings. The third kappa shape index (κ3) is 4.39. The molecule has 0 saturated carbocycles. The Hall–Kier alpha value is -3.38. The monoisotopic (exact) mass is 418 g/mol. The molecule has 0 aliphatic heterocycles. The smallest absolute Gasteiger partial charge is 0.357 e. The molecule has 0 bridgehead atoms. The lowest BCUT2D eigenvalue weighted by Crippen LogP contribution is -2.14. The fraction of sp³-hybridized carbons (Fsp3) is 0.280. The molecule has 2 heterocycles. The maximum Gasteiger partial charge on any atom is 0.357 e. The van der Waals surface area contributed by atoms with Gasteiger partial charge in [-0.15, -0.1) is 0 Å². The number of hydrogen-bond donors (Lipinski definition) is 1. The van der Waals surface area contributed by atoms with Crippen LogP contribution in [-0.2, 0) is 22.7 Å². The molecule has 6 heteroatoms. The number of pyridine rings is 1. The lowest BCUT2D eigenvalue weighted by Gasteiger charge is -2.12. The van der Waals surface area contributed by atoms with Gasteiger partial charge in [-0.05, 0) is 23.6 Å². The largest absolute Gasteiger partial charge is 0.488 e. The Morgan fingerprint density at radius 1 is 1.00 bits per heavy atom. The van der Waals surface area contributed by atoms with Gasteiger partial charge in [0.2, 0.25) is 0 Å². The van der Waals surface area contributed by atoms with Gasteiger partial charge in [-0.2, -0.15) is 0 Å². The summed E-state index contributed by atoms with van der Waals surface area (Å²) in [5.41, 5.74) is 3.77. The molecule has 0 radical (unpaired) electrons. The first kappa shape index (κ1) is 20.9. The highest BCUT2D eigenvalue weighted by molar-refractivity contribution is 6.13. The number of aromatic nitrogens is 2. The van der Waals surface area contributed by atoms with Crippen LogP contribution < -0.4 is 4.74 Å². The van der Waals surface area contributed by atoms with E-state index in [1.54, 1.807) is 13.3 Å². The Morgan fingerprint density at radius 2 is 1.81 bits per heavy atom. The molecule has 160 valence electrons. The van der Waals surface area contributed by atoms with Crippen LogP contribution in [0.25, 0.3) is 21.8 Å². The molecule has 6 nitrogen and oxygen atoms in total. The predicted molar refractivity (Wildman–Crippen MR) is 120 cm³/mol. The standard InChI is InChI=1S/C25H26N2O4/c1-16(2)13-31-25(28)24-18(15-29-3)22-20(12-26-24)27-19-10-7-11-21(23(19)22)30-14-17-8-5-4-6-9-17/h4-12,16,27H,13-15H2,1-3H3. The molecule has 2 aromatic carbocycles. The van der Waals surface area contributed by atoms with E-state index in [0.29, 0.717) is 18.8 Å². The van der Waals surface area contributed by atoms with Crippen molar-refractivity contribution in [2.75, 3.05) is 13.7 Å². The van der Waals surface area contributed by atoms with Crippen LogP contribution in [0.4, 0.5) is 0 Å². The first-order valence-electron chi connectivity index (χ1n) is 10.3. The van der Waals surface area contributed by atoms with Gasteiger partial charge < -0.3 is 19.2 Å². The number of nitrogens with zero attached hydrogens (tertiary/aromatic N) is 1. The molecular weight excluding hydrogens is 392 g/mol. The molecule has 0 atom stereocenters. The van der Waals surface area contributed by atoms with Gasteiger partial charge in [0.05, 0.1) is 30.4 Å². The zero-order valence-corrected chi connectivity index (χ0v) is 18.0. The van der Waals surface area contributed by atoms with E-state index in [-0.39, 0.29) is 18.2 Å². The SMILES string of the molecule is COCc1c(C(=O)OCC(C)C)ncc2[nH]c3cccc(OCc4ccccc4)c3c12. The molecule has 0 unspecified atom stereocenters. The average Bonchev–Trinajstić information content (AvgIpc) is 3.16. The second-order valence-corrected chi connectivity index (χ2v) is 7.88. The molecule has 2 aromatic heterocycles. The van der Waals surface area contributed by atoms with Crippen molar-refractivity contribution in [2.24, 2.45) is 5.92 Å². The van der Waals surface area contributed by atoms with E-state index in [4.69, 9.17) is 14.2 Å². The Kier molecular flexibility index (Phi) is 6.18. The number of H-pyrrole nitrogens is 1. The summed E-state index contributed by atoms with van der Waals surface area (Å²) in [6, 6.07) is 15.9. The summed E-state index contributed by atoms with van der Waals surface area (Å²) in [6.45, 7) is 5.01. The zero-order valence-electron chi connectivity index (χ0n) is 18.0. The summed E-state index contributed by atoms with van der Waals surface area (Å²) in [5, 5.41) is 1.77. The minimum absolute atomic E-state index is 0.233. The predicted octanol–water partition coefficient (Wildman–Crippen LogP) is 5.25. The van der Waals surface area contributed by atoms with Gasteiger partial charge in [-0.1, -0.05) is 50.2 Å². The van der Waals surface area contributed by atoms with Crippen molar-refractivity contribution in [3.63, 3.8) is 0 Å². The second kappa shape index (κ2) is 9.18. The van der Waals surface area contributed by atoms with Gasteiger partial charge >= 0.3 is 5.97 Å². The van der Waals surface area contributed by atoms with Crippen LogP contribution >= 0.6 is 0 Å². The highest BCUT2D eigenvalue weighted by atomic mass is 16.5. The molecule has 31 heavy (non-hydrogen) atoms. The summed E-state index contributed by atoms with van der Waals surface area (Å²) in [6.07, 6.45) is 1.67. The molecule has 0 amide bonds. The molecule has 0 saturated heterocycles. The van der Waals surface area contributed by atoms with Gasteiger partial charge in [0.25, 0.3) is 0 Å². The fourth-order valence-corrected chi connectivity index (χ4v) is 3.60. The maximum absolute atomic E-state index is 12.8. The van der Waals surface area contributed by atoms with Crippen LogP contribution in [0.15, 0.2) is 54.7 Å². The number of ether oxygens (including phenoxy) is 3. The Labute approximate surface area is 181 Å². The minimum atomic E-state index is -0.445. The van der Waals surface area contributed by atoms with Gasteiger partial charge in [0.15, 0.2) is 5.69 Å². The van der Waals surface area contributed by atoms with Crippen molar-refractivity contribution < 1.29 is 19.0 Å². The number of benzene rings is 2. The zero-order chi connectivity index (χ0) is 21.8. The first-order valence-corrected chi connectivity index (χ1v) is 10.3. The van der Waals surface area contributed by atoms with Crippen LogP contribution in [0.1, 0.15) is 35.5 Å². The number of carbonyl (C=O) groups is 1. The normalized spacial score (nSPS) is 11.4. The maximum atomic E-state index is 12.8. The average molecular weight is 418 g/mol. The summed E-state index contributed by atoms with van der Waals surface area (Å²) in [5.74, 6) is 0.530. The van der Waals surface area contributed by atoms with E-state index in [0.717, 1.165) is 33.1 Å². The Bertz CT molecular complexity index is 1200. The number of esters is 1. The van der Waals surface area contributed by atoms with Crippen molar-refractivity contribution in [1.29, 1.82) is 0 Å². The molecule has 0 spiro atoms. The number of fused-ring (bicyclic) bond motifs is 3. The number of hydrogen-bond acceptors (Lipinski definition) is 5. The lowest BCUT2D eigenvalue weighted by atomic mass is 10.0. The van der Waals surface area contributed by atoms with E-state index in [9.17, 15) is 4.79 Å². The van der Waals surface area contributed by atoms with E-state index in [1.807, 2.05) is 62.4 Å². The number of aromatic amines is 1. The molecule has 4 rings (SSSR count). The van der Waals surface area contributed by atoms with E-state index in [2.05, 4.69) is 9.97 Å². The highest BCUT2D eigenvalue weighted by Crippen LogP contribution is 2.36. The van der Waals surface area contributed by atoms with Crippen molar-refractivity contribution in [2.45, 2.75) is 27.1 Å². The fourth-order valence-electron chi connectivity index (χ4n) is 3.60. The van der Waals surface area contributed by atoms with Gasteiger partial charge in [0, 0.05) is 23.4 Å². The molecule has 0 fully saturated rings. The van der Waals surface area contributed by atoms with Crippen LogP contribution in [0.5, 0.6) is 5.75 Å². The quantitative estimate of drug-likeness (QED) is 0.396. The third-order valence-corrected chi connectivity index (χ3v) is 4.99. The third-order valence-electron chi connectivity index (χ3n) is 4.99. The van der Waals surface area contributed by atoms with Crippen LogP contribution in [0.3, 0.4) is 0 Å². The van der Waals surface area contributed by atoms with Crippen LogP contribution in [0.2, 0.25) is 0 Å². The molecule has 1 N–H and O–H groups in total. The highest BCUT2D eigenvalue weighted by Gasteiger charge is 2.22. The summed E-state index contributed by atoms with van der Waals surface area (Å²) in [4.78, 5) is 20.5. The van der Waals surface area contributed by atoms with E-state index in [1.165, 1.54) is 0 Å². The van der Waals surface area contributed by atoms with Gasteiger partial charge in [-0.25, -0.2) is 9.78 Å². The summed E-state index contributed by atoms with van der Waals surface area (Å²) >= 11 is 0. The Balaban J connectivity index is 1.81. The second-order valence-electron chi connectivity index (χ2n) is 7.88. The summed E-state index contributed by atoms with van der Waals surface area (Å²) in [7, 11) is 1.60. The lowest BCUT2D eigenvalue weighted by molar-refractivity contribution is 0.0447. The number of rotatable bonds is 8. The van der Waals surface area contributed by atoms with Gasteiger partial charge in [-0.3, -0.25) is 0 Å². The van der Waals surface area contributed by atoms with Crippen molar-refractivity contribution in [1.82, 2.24) is 9.97 Å². The van der Waals surface area contributed by atoms with E-state index < -0.39 is 5.97 Å².